The molecule has 2 heterocycles. The molecule has 1 saturated heterocycles. The minimum absolute atomic E-state index is 0.106. The molecule has 1 spiro atoms. The summed E-state index contributed by atoms with van der Waals surface area (Å²) >= 11 is 1.70. The van der Waals surface area contributed by atoms with E-state index >= 15 is 0 Å². The van der Waals surface area contributed by atoms with E-state index in [1.165, 1.54) is 0 Å². The van der Waals surface area contributed by atoms with Crippen molar-refractivity contribution >= 4 is 23.2 Å². The third kappa shape index (κ3) is 6.65. The standard InChI is InChI=1S/C16H25N3O2S.C2HF3O2/c1-21-10-9-19-15(20)4-7-16(19)5-2-13(3-6-16)18-12-14-17-8-11-22-14;3-2(4,5)1(6)7/h8,11,13,18H,2-7,9-10,12H2,1H3;(H,6,7). The van der Waals surface area contributed by atoms with Gasteiger partial charge in [0.05, 0.1) is 6.61 Å². The number of halogens is 3. The van der Waals surface area contributed by atoms with Crippen molar-refractivity contribution < 1.29 is 32.6 Å². The van der Waals surface area contributed by atoms with Gasteiger partial charge in [0.25, 0.3) is 0 Å². The number of amides is 1. The van der Waals surface area contributed by atoms with Crippen LogP contribution in [-0.2, 0) is 20.9 Å². The molecule has 2 aliphatic rings. The number of ether oxygens (including phenoxy) is 1. The molecule has 1 aromatic heterocycles. The van der Waals surface area contributed by atoms with Crippen LogP contribution in [0, 0.1) is 0 Å². The van der Waals surface area contributed by atoms with Gasteiger partial charge in [-0.05, 0) is 32.1 Å². The van der Waals surface area contributed by atoms with Crippen LogP contribution in [-0.4, -0.2) is 64.9 Å². The highest BCUT2D eigenvalue weighted by Crippen LogP contribution is 2.42. The van der Waals surface area contributed by atoms with Crippen LogP contribution in [0.15, 0.2) is 11.6 Å². The van der Waals surface area contributed by atoms with Gasteiger partial charge in [-0.1, -0.05) is 0 Å². The maximum Gasteiger partial charge on any atom is 0.490 e. The van der Waals surface area contributed by atoms with E-state index < -0.39 is 12.1 Å². The summed E-state index contributed by atoms with van der Waals surface area (Å²) in [6.45, 7) is 2.24. The minimum atomic E-state index is -5.08. The summed E-state index contributed by atoms with van der Waals surface area (Å²) in [5.74, 6) is -2.45. The van der Waals surface area contributed by atoms with E-state index in [0.717, 1.165) is 50.2 Å². The zero-order chi connectivity index (χ0) is 21.5. The lowest BCUT2D eigenvalue weighted by atomic mass is 9.77. The Hall–Kier alpha value is -1.72. The number of likely N-dealkylation sites (tertiary alicyclic amines) is 1. The van der Waals surface area contributed by atoms with Crippen LogP contribution < -0.4 is 5.32 Å². The van der Waals surface area contributed by atoms with Gasteiger partial charge in [0.1, 0.15) is 5.01 Å². The number of rotatable bonds is 6. The van der Waals surface area contributed by atoms with Gasteiger partial charge in [-0.25, -0.2) is 9.78 Å². The van der Waals surface area contributed by atoms with Crippen molar-refractivity contribution in [3.05, 3.63) is 16.6 Å². The molecule has 0 unspecified atom stereocenters. The molecule has 1 aliphatic heterocycles. The summed E-state index contributed by atoms with van der Waals surface area (Å²) in [6, 6.07) is 0.550. The molecular weight excluding hydrogens is 411 g/mol. The van der Waals surface area contributed by atoms with Crippen molar-refractivity contribution in [2.24, 2.45) is 0 Å². The minimum Gasteiger partial charge on any atom is -0.475 e. The zero-order valence-corrected chi connectivity index (χ0v) is 17.0. The van der Waals surface area contributed by atoms with Crippen LogP contribution in [0.5, 0.6) is 0 Å². The molecule has 0 atom stereocenters. The Kier molecular flexibility index (Phi) is 8.41. The third-order valence-corrected chi connectivity index (χ3v) is 6.16. The zero-order valence-electron chi connectivity index (χ0n) is 16.2. The Morgan fingerprint density at radius 1 is 1.41 bits per heavy atom. The summed E-state index contributed by atoms with van der Waals surface area (Å²) in [6.07, 6.45) is 3.01. The number of carbonyl (C=O) groups is 2. The number of hydrogen-bond acceptors (Lipinski definition) is 6. The van der Waals surface area contributed by atoms with E-state index in [9.17, 15) is 18.0 Å². The second-order valence-corrected chi connectivity index (χ2v) is 8.13. The Bertz CT molecular complexity index is 662. The molecule has 0 radical (unpaired) electrons. The first-order valence-corrected chi connectivity index (χ1v) is 10.3. The number of thiazole rings is 1. The van der Waals surface area contributed by atoms with Crippen LogP contribution >= 0.6 is 11.3 Å². The molecule has 1 aromatic rings. The average Bonchev–Trinajstić information content (AvgIpc) is 3.29. The Morgan fingerprint density at radius 3 is 2.59 bits per heavy atom. The lowest BCUT2D eigenvalue weighted by molar-refractivity contribution is -0.192. The topological polar surface area (TPSA) is 91.8 Å². The molecule has 0 bridgehead atoms. The summed E-state index contributed by atoms with van der Waals surface area (Å²) in [7, 11) is 1.70. The molecule has 7 nitrogen and oxygen atoms in total. The van der Waals surface area contributed by atoms with Gasteiger partial charge in [-0.3, -0.25) is 4.79 Å². The number of nitrogens with one attached hydrogen (secondary N) is 1. The number of methoxy groups -OCH3 is 1. The van der Waals surface area contributed by atoms with Gasteiger partial charge in [-0.15, -0.1) is 11.3 Å². The molecular formula is C18H26F3N3O4S. The Labute approximate surface area is 171 Å². The van der Waals surface area contributed by atoms with Crippen LogP contribution in [0.3, 0.4) is 0 Å². The smallest absolute Gasteiger partial charge is 0.475 e. The maximum atomic E-state index is 12.2. The van der Waals surface area contributed by atoms with Crippen molar-refractivity contribution in [3.63, 3.8) is 0 Å². The first-order chi connectivity index (χ1) is 13.7. The van der Waals surface area contributed by atoms with Gasteiger partial charge < -0.3 is 20.1 Å². The fourth-order valence-electron chi connectivity index (χ4n) is 3.87. The molecule has 1 amide bonds. The molecule has 3 rings (SSSR count). The summed E-state index contributed by atoms with van der Waals surface area (Å²) in [5.41, 5.74) is 0.106. The van der Waals surface area contributed by atoms with Crippen molar-refractivity contribution in [1.29, 1.82) is 0 Å². The fourth-order valence-corrected chi connectivity index (χ4v) is 4.44. The predicted molar refractivity (Wildman–Crippen MR) is 100 cm³/mol. The SMILES string of the molecule is COCCN1C(=O)CCC12CCC(NCc1nccs1)CC2.O=C(O)C(F)(F)F. The lowest BCUT2D eigenvalue weighted by Crippen LogP contribution is -2.51. The first kappa shape index (κ1) is 23.6. The highest BCUT2D eigenvalue weighted by molar-refractivity contribution is 7.09. The number of carboxylic acid groups (broad SMARTS) is 1. The number of alkyl halides is 3. The summed E-state index contributed by atoms with van der Waals surface area (Å²) in [5, 5.41) is 13.9. The number of nitrogens with zero attached hydrogens (tertiary/aromatic N) is 2. The largest absolute Gasteiger partial charge is 0.490 e. The third-order valence-electron chi connectivity index (χ3n) is 5.38. The van der Waals surface area contributed by atoms with Crippen molar-refractivity contribution in [3.8, 4) is 0 Å². The van der Waals surface area contributed by atoms with Crippen molar-refractivity contribution in [2.75, 3.05) is 20.3 Å². The first-order valence-electron chi connectivity index (χ1n) is 9.39. The maximum absolute atomic E-state index is 12.2. The quantitative estimate of drug-likeness (QED) is 0.711. The summed E-state index contributed by atoms with van der Waals surface area (Å²) in [4.78, 5) is 27.5. The number of aliphatic carboxylic acids is 1. The molecule has 1 aliphatic carbocycles. The number of aromatic nitrogens is 1. The second kappa shape index (κ2) is 10.4. The average molecular weight is 437 g/mol. The van der Waals surface area contributed by atoms with E-state index in [1.807, 2.05) is 11.6 Å². The Morgan fingerprint density at radius 2 is 2.07 bits per heavy atom. The van der Waals surface area contributed by atoms with Crippen LogP contribution in [0.2, 0.25) is 0 Å². The van der Waals surface area contributed by atoms with Gasteiger partial charge in [0, 0.05) is 49.8 Å². The van der Waals surface area contributed by atoms with Crippen LogP contribution in [0.25, 0.3) is 0 Å². The molecule has 2 fully saturated rings. The second-order valence-electron chi connectivity index (χ2n) is 7.15. The van der Waals surface area contributed by atoms with Crippen molar-refractivity contribution in [2.45, 2.75) is 62.8 Å². The number of carbonyl (C=O) groups excluding carboxylic acids is 1. The normalized spacial score (nSPS) is 24.5. The van der Waals surface area contributed by atoms with E-state index in [0.29, 0.717) is 25.0 Å². The van der Waals surface area contributed by atoms with Gasteiger partial charge in [0.15, 0.2) is 0 Å². The molecule has 0 aromatic carbocycles. The molecule has 1 saturated carbocycles. The van der Waals surface area contributed by atoms with E-state index in [-0.39, 0.29) is 5.54 Å². The van der Waals surface area contributed by atoms with Crippen LogP contribution in [0.4, 0.5) is 13.2 Å². The van der Waals surface area contributed by atoms with E-state index in [4.69, 9.17) is 14.6 Å². The fraction of sp³-hybridized carbons (Fsp3) is 0.722. The van der Waals surface area contributed by atoms with E-state index in [2.05, 4.69) is 15.2 Å². The lowest BCUT2D eigenvalue weighted by Gasteiger charge is -2.44. The molecule has 164 valence electrons. The van der Waals surface area contributed by atoms with E-state index in [1.54, 1.807) is 18.4 Å². The number of carboxylic acids is 1. The Balaban J connectivity index is 0.000000370. The van der Waals surface area contributed by atoms with Crippen molar-refractivity contribution in [1.82, 2.24) is 15.2 Å². The molecule has 11 heteroatoms. The molecule has 29 heavy (non-hydrogen) atoms. The van der Waals surface area contributed by atoms with Gasteiger partial charge in [0.2, 0.25) is 5.91 Å². The number of hydrogen-bond donors (Lipinski definition) is 2. The summed E-state index contributed by atoms with van der Waals surface area (Å²) < 4.78 is 36.9. The predicted octanol–water partition coefficient (Wildman–Crippen LogP) is 2.82. The van der Waals surface area contributed by atoms with Crippen LogP contribution in [0.1, 0.15) is 43.5 Å². The highest BCUT2D eigenvalue weighted by atomic mass is 32.1. The highest BCUT2D eigenvalue weighted by Gasteiger charge is 2.46. The van der Waals surface area contributed by atoms with Gasteiger partial charge >= 0.3 is 12.1 Å². The monoisotopic (exact) mass is 437 g/mol. The molecule has 2 N–H and O–H groups in total. The van der Waals surface area contributed by atoms with Gasteiger partial charge in [-0.2, -0.15) is 13.2 Å².